The Morgan fingerprint density at radius 1 is 0.939 bits per heavy atom. The quantitative estimate of drug-likeness (QED) is 0.124. The Hall–Kier alpha value is -4.05. The first-order valence-electron chi connectivity index (χ1n) is 9.42. The molecule has 1 aromatic rings. The maximum Gasteiger partial charge on any atom is 0.326 e. The van der Waals surface area contributed by atoms with E-state index in [4.69, 9.17) is 26.8 Å². The topological polar surface area (TPSA) is 280 Å². The minimum atomic E-state index is -1.84. The molecule has 0 aliphatic heterocycles. The van der Waals surface area contributed by atoms with Gasteiger partial charge in [-0.2, -0.15) is 0 Å². The normalized spacial score (nSPS) is 14.2. The molecule has 16 heteroatoms. The number of aliphatic hydroxyl groups excluding tert-OH is 1. The van der Waals surface area contributed by atoms with Gasteiger partial charge in [-0.15, -0.1) is 0 Å². The van der Waals surface area contributed by atoms with Gasteiger partial charge >= 0.3 is 11.9 Å². The molecule has 4 atom stereocenters. The highest BCUT2D eigenvalue weighted by Crippen LogP contribution is 2.03. The van der Waals surface area contributed by atoms with E-state index >= 15 is 0 Å². The second kappa shape index (κ2) is 12.7. The number of primary amides is 1. The third kappa shape index (κ3) is 9.32. The first-order chi connectivity index (χ1) is 15.4. The molecule has 0 fully saturated rings. The minimum Gasteiger partial charge on any atom is -0.481 e. The predicted octanol–water partition coefficient (Wildman–Crippen LogP) is -4.84. The number of hydrogen-bond donors (Lipinski definition) is 9. The maximum absolute atomic E-state index is 12.8. The van der Waals surface area contributed by atoms with E-state index in [1.165, 1.54) is 12.5 Å². The van der Waals surface area contributed by atoms with Gasteiger partial charge in [0.1, 0.15) is 24.2 Å². The summed E-state index contributed by atoms with van der Waals surface area (Å²) in [5.41, 5.74) is 10.9. The van der Waals surface area contributed by atoms with Crippen LogP contribution in [0.2, 0.25) is 0 Å². The van der Waals surface area contributed by atoms with Crippen molar-refractivity contribution >= 4 is 35.6 Å². The molecule has 0 spiro atoms. The molecule has 0 saturated carbocycles. The maximum atomic E-state index is 12.8. The Morgan fingerprint density at radius 3 is 2.00 bits per heavy atom. The molecule has 1 heterocycles. The second-order valence-corrected chi connectivity index (χ2v) is 6.86. The van der Waals surface area contributed by atoms with E-state index in [-0.39, 0.29) is 6.42 Å². The zero-order valence-corrected chi connectivity index (χ0v) is 17.2. The molecule has 0 aliphatic carbocycles. The SMILES string of the molecule is NC(=O)CC(NC(=O)C(Cc1cnc[nH]1)NC(=O)C(N)CO)C(=O)NC(CC(=O)O)C(=O)O. The van der Waals surface area contributed by atoms with Crippen molar-refractivity contribution in [1.82, 2.24) is 25.9 Å². The van der Waals surface area contributed by atoms with Gasteiger partial charge in [0, 0.05) is 18.3 Å². The summed E-state index contributed by atoms with van der Waals surface area (Å²) < 4.78 is 0. The summed E-state index contributed by atoms with van der Waals surface area (Å²) in [6.07, 6.45) is 0.796. The lowest BCUT2D eigenvalue weighted by Gasteiger charge is -2.24. The summed E-state index contributed by atoms with van der Waals surface area (Å²) in [6, 6.07) is -6.23. The number of carbonyl (C=O) groups is 6. The number of aromatic nitrogens is 2. The second-order valence-electron chi connectivity index (χ2n) is 6.86. The molecule has 4 unspecified atom stereocenters. The van der Waals surface area contributed by atoms with Crippen molar-refractivity contribution in [3.8, 4) is 0 Å². The number of nitrogens with zero attached hydrogens (tertiary/aromatic N) is 1. The van der Waals surface area contributed by atoms with Crippen molar-refractivity contribution in [2.24, 2.45) is 11.5 Å². The van der Waals surface area contributed by atoms with Gasteiger partial charge < -0.3 is 47.7 Å². The number of hydrogen-bond acceptors (Lipinski definition) is 9. The van der Waals surface area contributed by atoms with E-state index in [0.717, 1.165) is 0 Å². The summed E-state index contributed by atoms with van der Waals surface area (Å²) in [5.74, 6) is -7.25. The largest absolute Gasteiger partial charge is 0.481 e. The number of aliphatic carboxylic acids is 2. The molecular weight excluding hydrogens is 446 g/mol. The highest BCUT2D eigenvalue weighted by molar-refractivity contribution is 5.96. The van der Waals surface area contributed by atoms with Crippen molar-refractivity contribution in [3.05, 3.63) is 18.2 Å². The van der Waals surface area contributed by atoms with Crippen LogP contribution in [0.25, 0.3) is 0 Å². The molecule has 33 heavy (non-hydrogen) atoms. The Bertz CT molecular complexity index is 874. The number of aromatic amines is 1. The highest BCUT2D eigenvalue weighted by Gasteiger charge is 2.32. The van der Waals surface area contributed by atoms with E-state index in [9.17, 15) is 28.8 Å². The van der Waals surface area contributed by atoms with Crippen LogP contribution in [0.5, 0.6) is 0 Å². The number of carbonyl (C=O) groups excluding carboxylic acids is 4. The summed E-state index contributed by atoms with van der Waals surface area (Å²) in [6.45, 7) is -0.711. The molecule has 0 radical (unpaired) electrons. The Labute approximate surface area is 186 Å². The zero-order valence-electron chi connectivity index (χ0n) is 17.2. The summed E-state index contributed by atoms with van der Waals surface area (Å²) in [4.78, 5) is 77.2. The van der Waals surface area contributed by atoms with E-state index < -0.39 is 79.2 Å². The van der Waals surface area contributed by atoms with E-state index in [0.29, 0.717) is 5.69 Å². The molecule has 4 amide bonds. The van der Waals surface area contributed by atoms with Gasteiger partial charge in [-0.1, -0.05) is 0 Å². The van der Waals surface area contributed by atoms with Crippen LogP contribution in [0.1, 0.15) is 18.5 Å². The number of H-pyrrole nitrogens is 1. The van der Waals surface area contributed by atoms with Gasteiger partial charge in [0.25, 0.3) is 0 Å². The average Bonchev–Trinajstić information content (AvgIpc) is 3.23. The van der Waals surface area contributed by atoms with Gasteiger partial charge in [0.2, 0.25) is 23.6 Å². The minimum absolute atomic E-state index is 0.155. The third-order valence-corrected chi connectivity index (χ3v) is 4.18. The van der Waals surface area contributed by atoms with Crippen molar-refractivity contribution in [2.45, 2.75) is 43.4 Å². The molecule has 16 nitrogen and oxygen atoms in total. The lowest BCUT2D eigenvalue weighted by Crippen LogP contribution is -2.58. The summed E-state index contributed by atoms with van der Waals surface area (Å²) >= 11 is 0. The number of carboxylic acid groups (broad SMARTS) is 2. The standard InChI is InChI=1S/C17H25N7O9/c18-8(5-25)14(29)22-9(1-7-4-20-6-21-7)15(30)23-10(2-12(19)26)16(31)24-11(17(32)33)3-13(27)28/h4,6,8-11,25H,1-3,5,18H2,(H2,19,26)(H,20,21)(H,22,29)(H,23,30)(H,24,31)(H,27,28)(H,32,33). The van der Waals surface area contributed by atoms with Crippen LogP contribution in [0, 0.1) is 0 Å². The first kappa shape index (κ1) is 27.0. The van der Waals surface area contributed by atoms with Gasteiger partial charge in [-0.3, -0.25) is 24.0 Å². The predicted molar refractivity (Wildman–Crippen MR) is 107 cm³/mol. The van der Waals surface area contributed by atoms with Crippen LogP contribution in [-0.2, 0) is 35.2 Å². The fraction of sp³-hybridized carbons (Fsp3) is 0.471. The molecule has 1 aromatic heterocycles. The van der Waals surface area contributed by atoms with Crippen LogP contribution in [0.3, 0.4) is 0 Å². The van der Waals surface area contributed by atoms with Crippen molar-refractivity contribution in [1.29, 1.82) is 0 Å². The average molecular weight is 471 g/mol. The fourth-order valence-corrected chi connectivity index (χ4v) is 2.52. The number of aliphatic hydroxyl groups is 1. The summed E-state index contributed by atoms with van der Waals surface area (Å²) in [5, 5.41) is 33.3. The molecule has 182 valence electrons. The highest BCUT2D eigenvalue weighted by atomic mass is 16.4. The van der Waals surface area contributed by atoms with Crippen LogP contribution < -0.4 is 27.4 Å². The Kier molecular flexibility index (Phi) is 10.4. The molecule has 1 rings (SSSR count). The van der Waals surface area contributed by atoms with Crippen LogP contribution in [0.4, 0.5) is 0 Å². The molecule has 0 aliphatic rings. The zero-order chi connectivity index (χ0) is 25.1. The number of carboxylic acids is 2. The van der Waals surface area contributed by atoms with E-state index in [1.807, 2.05) is 5.32 Å². The van der Waals surface area contributed by atoms with Crippen LogP contribution >= 0.6 is 0 Å². The van der Waals surface area contributed by atoms with Crippen molar-refractivity contribution in [3.63, 3.8) is 0 Å². The van der Waals surface area contributed by atoms with Crippen LogP contribution in [-0.4, -0.2) is 91.6 Å². The van der Waals surface area contributed by atoms with Gasteiger partial charge in [-0.05, 0) is 0 Å². The van der Waals surface area contributed by atoms with Gasteiger partial charge in [0.05, 0.1) is 25.8 Å². The number of rotatable bonds is 14. The van der Waals surface area contributed by atoms with E-state index in [1.54, 1.807) is 0 Å². The lowest BCUT2D eigenvalue weighted by molar-refractivity contribution is -0.147. The number of imidazole rings is 1. The third-order valence-electron chi connectivity index (χ3n) is 4.18. The lowest BCUT2D eigenvalue weighted by atomic mass is 10.1. The monoisotopic (exact) mass is 471 g/mol. The number of nitrogens with one attached hydrogen (secondary N) is 4. The number of amides is 4. The smallest absolute Gasteiger partial charge is 0.326 e. The van der Waals surface area contributed by atoms with Gasteiger partial charge in [-0.25, -0.2) is 9.78 Å². The Morgan fingerprint density at radius 2 is 1.52 bits per heavy atom. The first-order valence-corrected chi connectivity index (χ1v) is 9.42. The van der Waals surface area contributed by atoms with E-state index in [2.05, 4.69) is 20.6 Å². The van der Waals surface area contributed by atoms with Crippen molar-refractivity contribution in [2.75, 3.05) is 6.61 Å². The molecule has 0 aromatic carbocycles. The number of nitrogens with two attached hydrogens (primary N) is 2. The molecule has 0 saturated heterocycles. The van der Waals surface area contributed by atoms with Crippen molar-refractivity contribution < 1.29 is 44.1 Å². The molecular formula is C17H25N7O9. The molecule has 0 bridgehead atoms. The Balaban J connectivity index is 3.05. The molecule has 11 N–H and O–H groups in total. The fourth-order valence-electron chi connectivity index (χ4n) is 2.52. The van der Waals surface area contributed by atoms with Crippen LogP contribution in [0.15, 0.2) is 12.5 Å². The summed E-state index contributed by atoms with van der Waals surface area (Å²) in [7, 11) is 0. The van der Waals surface area contributed by atoms with Gasteiger partial charge in [0.15, 0.2) is 0 Å².